The van der Waals surface area contributed by atoms with Crippen LogP contribution in [0.2, 0.25) is 0 Å². The van der Waals surface area contributed by atoms with E-state index >= 15 is 0 Å². The summed E-state index contributed by atoms with van der Waals surface area (Å²) in [5.74, 6) is 0.946. The molecule has 1 aromatic heterocycles. The van der Waals surface area contributed by atoms with Gasteiger partial charge in [0, 0.05) is 15.7 Å². The summed E-state index contributed by atoms with van der Waals surface area (Å²) < 4.78 is 12.3. The highest BCUT2D eigenvalue weighted by atomic mass is 79.9. The van der Waals surface area contributed by atoms with E-state index in [2.05, 4.69) is 31.5 Å². The van der Waals surface area contributed by atoms with E-state index in [1.807, 2.05) is 49.4 Å². The number of hydrogen-bond acceptors (Lipinski definition) is 5. The van der Waals surface area contributed by atoms with Crippen molar-refractivity contribution >= 4 is 56.0 Å². The number of benzene rings is 3. The molecule has 0 aliphatic heterocycles. The number of carbonyl (C=O) groups excluding carboxylic acids is 1. The van der Waals surface area contributed by atoms with Crippen LogP contribution in [-0.4, -0.2) is 22.6 Å². The summed E-state index contributed by atoms with van der Waals surface area (Å²) in [6.07, 6.45) is 0.924. The fourth-order valence-corrected chi connectivity index (χ4v) is 3.68. The van der Waals surface area contributed by atoms with Crippen LogP contribution in [0.25, 0.3) is 22.6 Å². The molecule has 1 amide bonds. The van der Waals surface area contributed by atoms with Crippen molar-refractivity contribution in [3.8, 4) is 17.2 Å². The molecule has 0 atom stereocenters. The molecule has 1 heterocycles. The second kappa shape index (κ2) is 9.93. The lowest BCUT2D eigenvalue weighted by Crippen LogP contribution is -2.34. The van der Waals surface area contributed by atoms with Gasteiger partial charge in [0.15, 0.2) is 10.7 Å². The minimum absolute atomic E-state index is 0.190. The van der Waals surface area contributed by atoms with Crippen molar-refractivity contribution in [2.75, 3.05) is 11.9 Å². The van der Waals surface area contributed by atoms with Crippen LogP contribution < -0.4 is 15.4 Å². The molecule has 2 N–H and O–H groups in total. The smallest absolute Gasteiger partial charge is 0.257 e. The number of nitrogens with zero attached hydrogens (tertiary/aromatic N) is 1. The second-order valence-electron chi connectivity index (χ2n) is 6.96. The molecule has 3 aromatic carbocycles. The Balaban J connectivity index is 1.42. The molecular weight excluding hydrogens is 490 g/mol. The Morgan fingerprint density at radius 3 is 2.66 bits per heavy atom. The highest BCUT2D eigenvalue weighted by Gasteiger charge is 2.13. The van der Waals surface area contributed by atoms with Crippen LogP contribution in [0.15, 0.2) is 75.6 Å². The molecule has 4 rings (SSSR count). The molecular formula is C24H20BrN3O3S. The molecule has 6 nitrogen and oxygen atoms in total. The molecule has 8 heteroatoms. The summed E-state index contributed by atoms with van der Waals surface area (Å²) in [7, 11) is 0. The third-order valence-corrected chi connectivity index (χ3v) is 5.46. The Bertz CT molecular complexity index is 1270. The number of ether oxygens (including phenoxy) is 1. The van der Waals surface area contributed by atoms with Gasteiger partial charge < -0.3 is 14.5 Å². The van der Waals surface area contributed by atoms with Gasteiger partial charge >= 0.3 is 0 Å². The van der Waals surface area contributed by atoms with Crippen LogP contribution in [0.3, 0.4) is 0 Å². The van der Waals surface area contributed by atoms with E-state index in [9.17, 15) is 4.79 Å². The molecule has 0 radical (unpaired) electrons. The fourth-order valence-electron chi connectivity index (χ4n) is 3.02. The van der Waals surface area contributed by atoms with Crippen LogP contribution in [-0.2, 0) is 0 Å². The standard InChI is InChI=1S/C24H20BrN3O3S/c1-2-13-30-17-10-7-15(8-11-17)22(29)28-24(32)26-16-9-12-21-20(14-16)27-23(31-21)18-5-3-4-6-19(18)25/h3-12,14H,2,13H2,1H3,(H2,26,28,29,32). The van der Waals surface area contributed by atoms with E-state index < -0.39 is 0 Å². The molecule has 0 bridgehead atoms. The van der Waals surface area contributed by atoms with Gasteiger partial charge in [0.2, 0.25) is 5.89 Å². The van der Waals surface area contributed by atoms with Crippen LogP contribution in [0.5, 0.6) is 5.75 Å². The second-order valence-corrected chi connectivity index (χ2v) is 8.23. The number of anilines is 1. The topological polar surface area (TPSA) is 76.4 Å². The Morgan fingerprint density at radius 1 is 1.12 bits per heavy atom. The monoisotopic (exact) mass is 509 g/mol. The van der Waals surface area contributed by atoms with Crippen molar-refractivity contribution < 1.29 is 13.9 Å². The zero-order valence-corrected chi connectivity index (χ0v) is 19.6. The molecule has 0 saturated heterocycles. The number of amides is 1. The predicted molar refractivity (Wildman–Crippen MR) is 133 cm³/mol. The first-order valence-electron chi connectivity index (χ1n) is 10.0. The van der Waals surface area contributed by atoms with Gasteiger partial charge in [-0.3, -0.25) is 10.1 Å². The van der Waals surface area contributed by atoms with E-state index in [-0.39, 0.29) is 11.0 Å². The molecule has 162 valence electrons. The Kier molecular flexibility index (Phi) is 6.82. The summed E-state index contributed by atoms with van der Waals surface area (Å²) in [4.78, 5) is 17.0. The van der Waals surface area contributed by atoms with Crippen LogP contribution in [0.4, 0.5) is 5.69 Å². The maximum atomic E-state index is 12.5. The first-order valence-corrected chi connectivity index (χ1v) is 11.2. The molecule has 0 unspecified atom stereocenters. The predicted octanol–water partition coefficient (Wildman–Crippen LogP) is 6.17. The van der Waals surface area contributed by atoms with Gasteiger partial charge in [-0.1, -0.05) is 19.1 Å². The number of nitrogens with one attached hydrogen (secondary N) is 2. The summed E-state index contributed by atoms with van der Waals surface area (Å²) in [5, 5.41) is 5.89. The molecule has 4 aromatic rings. The van der Waals surface area contributed by atoms with E-state index in [0.717, 1.165) is 22.2 Å². The van der Waals surface area contributed by atoms with Gasteiger partial charge in [-0.2, -0.15) is 0 Å². The first-order chi connectivity index (χ1) is 15.5. The summed E-state index contributed by atoms with van der Waals surface area (Å²) in [6, 6.07) is 20.1. The molecule has 0 aliphatic carbocycles. The average molecular weight is 510 g/mol. The van der Waals surface area contributed by atoms with Crippen LogP contribution in [0.1, 0.15) is 23.7 Å². The lowest BCUT2D eigenvalue weighted by Gasteiger charge is -2.10. The van der Waals surface area contributed by atoms with Gasteiger partial charge in [-0.15, -0.1) is 0 Å². The zero-order chi connectivity index (χ0) is 22.5. The van der Waals surface area contributed by atoms with Crippen LogP contribution >= 0.6 is 28.1 Å². The van der Waals surface area contributed by atoms with E-state index in [0.29, 0.717) is 34.8 Å². The first kappa shape index (κ1) is 22.0. The Hall–Kier alpha value is -3.23. The zero-order valence-electron chi connectivity index (χ0n) is 17.2. The van der Waals surface area contributed by atoms with Gasteiger partial charge in [-0.05, 0) is 89.2 Å². The number of oxazole rings is 1. The van der Waals surface area contributed by atoms with Crippen molar-refractivity contribution in [1.29, 1.82) is 0 Å². The maximum Gasteiger partial charge on any atom is 0.257 e. The highest BCUT2D eigenvalue weighted by Crippen LogP contribution is 2.30. The lowest BCUT2D eigenvalue weighted by atomic mass is 10.2. The number of hydrogen-bond donors (Lipinski definition) is 2. The summed E-state index contributed by atoms with van der Waals surface area (Å²) in [6.45, 7) is 2.68. The normalized spacial score (nSPS) is 10.7. The maximum absolute atomic E-state index is 12.5. The number of carbonyl (C=O) groups is 1. The summed E-state index contributed by atoms with van der Waals surface area (Å²) >= 11 is 8.82. The number of aromatic nitrogens is 1. The SMILES string of the molecule is CCCOc1ccc(C(=O)NC(=S)Nc2ccc3oc(-c4ccccc4Br)nc3c2)cc1. The largest absolute Gasteiger partial charge is 0.494 e. The van der Waals surface area contributed by atoms with Gasteiger partial charge in [0.05, 0.1) is 12.2 Å². The molecule has 0 spiro atoms. The number of fused-ring (bicyclic) bond motifs is 1. The van der Waals surface area contributed by atoms with E-state index in [4.69, 9.17) is 21.4 Å². The lowest BCUT2D eigenvalue weighted by molar-refractivity contribution is 0.0977. The van der Waals surface area contributed by atoms with Gasteiger partial charge in [-0.25, -0.2) is 4.98 Å². The van der Waals surface area contributed by atoms with E-state index in [1.54, 1.807) is 24.3 Å². The van der Waals surface area contributed by atoms with Gasteiger partial charge in [0.1, 0.15) is 11.3 Å². The average Bonchev–Trinajstić information content (AvgIpc) is 3.21. The molecule has 0 saturated carbocycles. The molecule has 0 aliphatic rings. The van der Waals surface area contributed by atoms with Crippen molar-refractivity contribution in [3.63, 3.8) is 0 Å². The fraction of sp³-hybridized carbons (Fsp3) is 0.125. The van der Waals surface area contributed by atoms with Crippen molar-refractivity contribution in [2.24, 2.45) is 0 Å². The number of halogens is 1. The van der Waals surface area contributed by atoms with Crippen molar-refractivity contribution in [1.82, 2.24) is 10.3 Å². The Labute approximate surface area is 199 Å². The van der Waals surface area contributed by atoms with Gasteiger partial charge in [0.25, 0.3) is 5.91 Å². The minimum atomic E-state index is -0.303. The summed E-state index contributed by atoms with van der Waals surface area (Å²) in [5.41, 5.74) is 3.38. The molecule has 32 heavy (non-hydrogen) atoms. The number of rotatable bonds is 6. The van der Waals surface area contributed by atoms with E-state index in [1.165, 1.54) is 0 Å². The Morgan fingerprint density at radius 2 is 1.91 bits per heavy atom. The number of thiocarbonyl (C=S) groups is 1. The third-order valence-electron chi connectivity index (χ3n) is 4.57. The quantitative estimate of drug-likeness (QED) is 0.302. The highest BCUT2D eigenvalue weighted by molar-refractivity contribution is 9.10. The van der Waals surface area contributed by atoms with Crippen LogP contribution in [0, 0.1) is 0 Å². The van der Waals surface area contributed by atoms with Crippen molar-refractivity contribution in [3.05, 3.63) is 76.8 Å². The minimum Gasteiger partial charge on any atom is -0.494 e. The third kappa shape index (κ3) is 5.15. The van der Waals surface area contributed by atoms with Crippen molar-refractivity contribution in [2.45, 2.75) is 13.3 Å². The molecule has 0 fully saturated rings.